The predicted octanol–water partition coefficient (Wildman–Crippen LogP) is 0.831. The molecule has 1 amide bonds. The number of halogens is 1. The van der Waals surface area contributed by atoms with Crippen LogP contribution >= 0.6 is 0 Å². The minimum absolute atomic E-state index is 0.0426. The molecule has 2 aromatic rings. The molecule has 0 spiro atoms. The fourth-order valence-electron chi connectivity index (χ4n) is 2.47. The number of aromatic nitrogens is 2. The second-order valence-electron chi connectivity index (χ2n) is 5.71. The molecule has 0 unspecified atom stereocenters. The summed E-state index contributed by atoms with van der Waals surface area (Å²) in [4.78, 5) is 20.5. The van der Waals surface area contributed by atoms with Crippen molar-refractivity contribution >= 4 is 5.91 Å². The van der Waals surface area contributed by atoms with Crippen molar-refractivity contribution in [2.24, 2.45) is 0 Å². The first-order valence-electron chi connectivity index (χ1n) is 7.52. The number of carbonyl (C=O) groups is 1. The smallest absolute Gasteiger partial charge is 0.272 e. The van der Waals surface area contributed by atoms with Gasteiger partial charge in [0, 0.05) is 6.54 Å². The van der Waals surface area contributed by atoms with Crippen LogP contribution in [0.15, 0.2) is 36.8 Å². The summed E-state index contributed by atoms with van der Waals surface area (Å²) < 4.78 is 23.8. The molecule has 1 aromatic carbocycles. The topological polar surface area (TPSA) is 87.7 Å². The van der Waals surface area contributed by atoms with Crippen molar-refractivity contribution in [1.82, 2.24) is 14.9 Å². The number of H-pyrrole nitrogens is 1. The minimum atomic E-state index is -1.36. The number of hydrogen-bond acceptors (Lipinski definition) is 5. The number of aliphatic hydroxyl groups is 1. The van der Waals surface area contributed by atoms with Gasteiger partial charge in [0.1, 0.15) is 29.5 Å². The second kappa shape index (κ2) is 6.98. The number of imidazole rings is 1. The molecule has 1 aliphatic heterocycles. The van der Waals surface area contributed by atoms with Gasteiger partial charge >= 0.3 is 0 Å². The van der Waals surface area contributed by atoms with E-state index in [1.54, 1.807) is 0 Å². The third kappa shape index (κ3) is 3.90. The third-order valence-electron chi connectivity index (χ3n) is 3.70. The van der Waals surface area contributed by atoms with E-state index in [1.165, 1.54) is 41.7 Å². The molecular formula is C16H18FN3O4. The zero-order valence-corrected chi connectivity index (χ0v) is 12.9. The number of benzene rings is 1. The lowest BCUT2D eigenvalue weighted by Gasteiger charge is -2.30. The highest BCUT2D eigenvalue weighted by molar-refractivity contribution is 5.92. The van der Waals surface area contributed by atoms with Crippen LogP contribution in [-0.4, -0.2) is 64.4 Å². The molecule has 3 rings (SSSR count). The van der Waals surface area contributed by atoms with Crippen LogP contribution in [0.1, 0.15) is 10.5 Å². The van der Waals surface area contributed by atoms with Crippen molar-refractivity contribution in [2.45, 2.75) is 5.60 Å². The maximum atomic E-state index is 12.9. The molecule has 0 radical (unpaired) electrons. The first-order valence-corrected chi connectivity index (χ1v) is 7.52. The normalized spacial score (nSPS) is 21.3. The number of β-amino-alcohol motifs (C(OH)–C–C–N with tert-alkyl or cyclic N) is 1. The van der Waals surface area contributed by atoms with E-state index in [-0.39, 0.29) is 31.5 Å². The summed E-state index contributed by atoms with van der Waals surface area (Å²) in [5.74, 6) is -0.200. The Morgan fingerprint density at radius 2 is 2.25 bits per heavy atom. The highest BCUT2D eigenvalue weighted by Gasteiger charge is 2.36. The lowest BCUT2D eigenvalue weighted by atomic mass is 10.1. The van der Waals surface area contributed by atoms with Crippen LogP contribution in [0.4, 0.5) is 4.39 Å². The van der Waals surface area contributed by atoms with Gasteiger partial charge in [-0.15, -0.1) is 0 Å². The number of ether oxygens (including phenoxy) is 2. The molecule has 2 N–H and O–H groups in total. The molecule has 2 heterocycles. The number of nitrogens with one attached hydrogen (secondary N) is 1. The monoisotopic (exact) mass is 335 g/mol. The fraction of sp³-hybridized carbons (Fsp3) is 0.375. The largest absolute Gasteiger partial charge is 0.490 e. The average molecular weight is 335 g/mol. The Balaban J connectivity index is 1.66. The Morgan fingerprint density at radius 3 is 2.96 bits per heavy atom. The molecule has 0 bridgehead atoms. The van der Waals surface area contributed by atoms with Gasteiger partial charge in [0.05, 0.1) is 32.3 Å². The Bertz CT molecular complexity index is 677. The van der Waals surface area contributed by atoms with E-state index in [1.807, 2.05) is 0 Å². The number of hydrogen-bond donors (Lipinski definition) is 2. The van der Waals surface area contributed by atoms with Crippen LogP contribution in [0.2, 0.25) is 0 Å². The summed E-state index contributed by atoms with van der Waals surface area (Å²) in [6.07, 6.45) is 2.85. The summed E-state index contributed by atoms with van der Waals surface area (Å²) in [6, 6.07) is 5.50. The first-order chi connectivity index (χ1) is 11.6. The van der Waals surface area contributed by atoms with Crippen molar-refractivity contribution in [3.63, 3.8) is 0 Å². The summed E-state index contributed by atoms with van der Waals surface area (Å²) >= 11 is 0. The molecule has 1 fully saturated rings. The Kier molecular flexibility index (Phi) is 4.77. The van der Waals surface area contributed by atoms with Gasteiger partial charge in [0.15, 0.2) is 0 Å². The zero-order chi connectivity index (χ0) is 17.0. The molecule has 7 nitrogen and oxygen atoms in total. The summed E-state index contributed by atoms with van der Waals surface area (Å²) in [7, 11) is 0. The second-order valence-corrected chi connectivity index (χ2v) is 5.71. The molecular weight excluding hydrogens is 317 g/mol. The molecule has 128 valence electrons. The molecule has 1 aliphatic rings. The highest BCUT2D eigenvalue weighted by Crippen LogP contribution is 2.18. The summed E-state index contributed by atoms with van der Waals surface area (Å²) in [5.41, 5.74) is -1.01. The number of nitrogens with zero attached hydrogens (tertiary/aromatic N) is 2. The lowest BCUT2D eigenvalue weighted by Crippen LogP contribution is -2.50. The van der Waals surface area contributed by atoms with Crippen molar-refractivity contribution < 1.29 is 23.8 Å². The first kappa shape index (κ1) is 16.4. The van der Waals surface area contributed by atoms with Crippen LogP contribution in [0.5, 0.6) is 5.75 Å². The predicted molar refractivity (Wildman–Crippen MR) is 82.2 cm³/mol. The molecule has 24 heavy (non-hydrogen) atoms. The van der Waals surface area contributed by atoms with E-state index in [0.29, 0.717) is 24.6 Å². The van der Waals surface area contributed by atoms with E-state index in [9.17, 15) is 14.3 Å². The van der Waals surface area contributed by atoms with Crippen molar-refractivity contribution in [1.29, 1.82) is 0 Å². The number of aromatic amines is 1. The van der Waals surface area contributed by atoms with Gasteiger partial charge in [-0.25, -0.2) is 9.37 Å². The van der Waals surface area contributed by atoms with E-state index in [0.717, 1.165) is 0 Å². The maximum absolute atomic E-state index is 12.9. The molecule has 0 saturated carbocycles. The van der Waals surface area contributed by atoms with Gasteiger partial charge in [-0.05, 0) is 24.3 Å². The molecule has 0 aliphatic carbocycles. The van der Waals surface area contributed by atoms with Gasteiger partial charge in [0.2, 0.25) is 0 Å². The van der Waals surface area contributed by atoms with Gasteiger partial charge in [-0.3, -0.25) is 4.79 Å². The van der Waals surface area contributed by atoms with Crippen LogP contribution in [-0.2, 0) is 4.74 Å². The van der Waals surface area contributed by atoms with Crippen molar-refractivity contribution in [3.05, 3.63) is 48.3 Å². The van der Waals surface area contributed by atoms with E-state index >= 15 is 0 Å². The van der Waals surface area contributed by atoms with E-state index in [4.69, 9.17) is 9.47 Å². The molecule has 1 atom stereocenters. The number of amides is 1. The molecule has 1 aromatic heterocycles. The Morgan fingerprint density at radius 1 is 1.46 bits per heavy atom. The van der Waals surface area contributed by atoms with Crippen LogP contribution < -0.4 is 4.74 Å². The van der Waals surface area contributed by atoms with Crippen molar-refractivity contribution in [3.8, 4) is 5.75 Å². The highest BCUT2D eigenvalue weighted by atomic mass is 19.1. The standard InChI is InChI=1S/C16H18FN3O4/c17-12-1-3-13(4-2-12)24-10-16(22)8-20(5-6-23-9-16)15(21)14-7-18-11-19-14/h1-4,7,11,22H,5-6,8-10H2,(H,18,19)/t16-/m0/s1. The molecule has 1 saturated heterocycles. The Labute approximate surface area is 138 Å². The van der Waals surface area contributed by atoms with E-state index in [2.05, 4.69) is 9.97 Å². The average Bonchev–Trinajstić information content (AvgIpc) is 3.04. The summed E-state index contributed by atoms with van der Waals surface area (Å²) in [5, 5.41) is 10.7. The SMILES string of the molecule is O=C(c1cnc[nH]1)N1CCOC[C@](O)(COc2ccc(F)cc2)C1. The molecule has 8 heteroatoms. The minimum Gasteiger partial charge on any atom is -0.490 e. The van der Waals surface area contributed by atoms with Gasteiger partial charge in [-0.1, -0.05) is 0 Å². The lowest BCUT2D eigenvalue weighted by molar-refractivity contribution is -0.0621. The third-order valence-corrected chi connectivity index (χ3v) is 3.70. The quantitative estimate of drug-likeness (QED) is 0.864. The van der Waals surface area contributed by atoms with Gasteiger partial charge < -0.3 is 24.5 Å². The van der Waals surface area contributed by atoms with Crippen LogP contribution in [0.3, 0.4) is 0 Å². The Hall–Kier alpha value is -2.45. The maximum Gasteiger partial charge on any atom is 0.272 e. The fourth-order valence-corrected chi connectivity index (χ4v) is 2.47. The van der Waals surface area contributed by atoms with Crippen LogP contribution in [0.25, 0.3) is 0 Å². The van der Waals surface area contributed by atoms with Crippen LogP contribution in [0, 0.1) is 5.82 Å². The van der Waals surface area contributed by atoms with Gasteiger partial charge in [0.25, 0.3) is 5.91 Å². The van der Waals surface area contributed by atoms with E-state index < -0.39 is 5.60 Å². The number of carbonyl (C=O) groups excluding carboxylic acids is 1. The summed E-state index contributed by atoms with van der Waals surface area (Å²) in [6.45, 7) is 0.702. The van der Waals surface area contributed by atoms with Gasteiger partial charge in [-0.2, -0.15) is 0 Å². The van der Waals surface area contributed by atoms with Crippen molar-refractivity contribution in [2.75, 3.05) is 32.9 Å². The zero-order valence-electron chi connectivity index (χ0n) is 12.9. The number of rotatable bonds is 4.